The normalized spacial score (nSPS) is 19.4. The molecule has 1 atom stereocenters. The van der Waals surface area contributed by atoms with Crippen LogP contribution in [0, 0.1) is 6.92 Å². The summed E-state index contributed by atoms with van der Waals surface area (Å²) >= 11 is 0. The summed E-state index contributed by atoms with van der Waals surface area (Å²) in [4.78, 5) is 12.0. The number of nitrogens with one attached hydrogen (secondary N) is 2. The van der Waals surface area contributed by atoms with Crippen molar-refractivity contribution in [3.63, 3.8) is 0 Å². The SMILES string of the molecule is CCOc1ccc(S(=O)(=O)NC2CCCCNC2=O)cc1C. The molecule has 1 fully saturated rings. The van der Waals surface area contributed by atoms with Crippen LogP contribution in [-0.4, -0.2) is 33.5 Å². The topological polar surface area (TPSA) is 84.5 Å². The van der Waals surface area contributed by atoms with Crippen LogP contribution in [0.25, 0.3) is 0 Å². The molecule has 1 aliphatic rings. The number of ether oxygens (including phenoxy) is 1. The van der Waals surface area contributed by atoms with Crippen LogP contribution in [0.1, 0.15) is 31.7 Å². The third kappa shape index (κ3) is 3.98. The third-order valence-corrected chi connectivity index (χ3v) is 5.06. The Bertz CT molecular complexity index is 643. The third-order valence-electron chi connectivity index (χ3n) is 3.59. The van der Waals surface area contributed by atoms with Gasteiger partial charge in [-0.3, -0.25) is 4.79 Å². The van der Waals surface area contributed by atoms with Crippen LogP contribution >= 0.6 is 0 Å². The zero-order valence-corrected chi connectivity index (χ0v) is 13.7. The van der Waals surface area contributed by atoms with Gasteiger partial charge in [0.25, 0.3) is 0 Å². The lowest BCUT2D eigenvalue weighted by Crippen LogP contribution is -2.45. The molecule has 0 spiro atoms. The van der Waals surface area contributed by atoms with E-state index in [1.807, 2.05) is 6.92 Å². The van der Waals surface area contributed by atoms with E-state index in [1.54, 1.807) is 19.1 Å². The van der Waals surface area contributed by atoms with Gasteiger partial charge in [-0.25, -0.2) is 8.42 Å². The van der Waals surface area contributed by atoms with E-state index in [9.17, 15) is 13.2 Å². The number of hydrogen-bond acceptors (Lipinski definition) is 4. The van der Waals surface area contributed by atoms with Crippen molar-refractivity contribution >= 4 is 15.9 Å². The van der Waals surface area contributed by atoms with Crippen LogP contribution in [0.4, 0.5) is 0 Å². The van der Waals surface area contributed by atoms with Gasteiger partial charge in [0, 0.05) is 6.54 Å². The monoisotopic (exact) mass is 326 g/mol. The Morgan fingerprint density at radius 2 is 2.14 bits per heavy atom. The van der Waals surface area contributed by atoms with E-state index in [1.165, 1.54) is 6.07 Å². The fourth-order valence-corrected chi connectivity index (χ4v) is 3.73. The molecule has 1 aromatic rings. The molecule has 0 radical (unpaired) electrons. The summed E-state index contributed by atoms with van der Waals surface area (Å²) in [5, 5.41) is 2.72. The lowest BCUT2D eigenvalue weighted by Gasteiger charge is -2.16. The number of aryl methyl sites for hydroxylation is 1. The number of amides is 1. The highest BCUT2D eigenvalue weighted by atomic mass is 32.2. The number of sulfonamides is 1. The highest BCUT2D eigenvalue weighted by Gasteiger charge is 2.27. The molecule has 1 unspecified atom stereocenters. The van der Waals surface area contributed by atoms with E-state index in [-0.39, 0.29) is 10.8 Å². The van der Waals surface area contributed by atoms with Gasteiger partial charge in [0.05, 0.1) is 11.5 Å². The van der Waals surface area contributed by atoms with Crippen LogP contribution in [0.5, 0.6) is 5.75 Å². The number of benzene rings is 1. The van der Waals surface area contributed by atoms with Gasteiger partial charge in [0.1, 0.15) is 11.8 Å². The molecule has 6 nitrogen and oxygen atoms in total. The van der Waals surface area contributed by atoms with Gasteiger partial charge in [-0.2, -0.15) is 4.72 Å². The summed E-state index contributed by atoms with van der Waals surface area (Å²) in [6, 6.07) is 3.98. The van der Waals surface area contributed by atoms with Gasteiger partial charge in [-0.15, -0.1) is 0 Å². The molecule has 1 saturated heterocycles. The van der Waals surface area contributed by atoms with E-state index in [0.717, 1.165) is 18.4 Å². The zero-order chi connectivity index (χ0) is 16.2. The quantitative estimate of drug-likeness (QED) is 0.855. The maximum Gasteiger partial charge on any atom is 0.241 e. The molecule has 0 aliphatic carbocycles. The Hall–Kier alpha value is -1.60. The first-order valence-corrected chi connectivity index (χ1v) is 8.96. The van der Waals surface area contributed by atoms with Gasteiger partial charge in [-0.05, 0) is 56.9 Å². The smallest absolute Gasteiger partial charge is 0.241 e. The zero-order valence-electron chi connectivity index (χ0n) is 12.9. The van der Waals surface area contributed by atoms with E-state index in [0.29, 0.717) is 25.3 Å². The molecular formula is C15H22N2O4S. The van der Waals surface area contributed by atoms with Crippen molar-refractivity contribution in [2.75, 3.05) is 13.2 Å². The van der Waals surface area contributed by atoms with Crippen molar-refractivity contribution in [2.24, 2.45) is 0 Å². The van der Waals surface area contributed by atoms with Crippen LogP contribution in [0.2, 0.25) is 0 Å². The Morgan fingerprint density at radius 3 is 2.82 bits per heavy atom. The molecule has 22 heavy (non-hydrogen) atoms. The first kappa shape index (κ1) is 16.8. The number of carbonyl (C=O) groups is 1. The van der Waals surface area contributed by atoms with E-state index in [4.69, 9.17) is 4.74 Å². The minimum Gasteiger partial charge on any atom is -0.494 e. The van der Waals surface area contributed by atoms with Gasteiger partial charge in [0.15, 0.2) is 0 Å². The van der Waals surface area contributed by atoms with Crippen LogP contribution in [-0.2, 0) is 14.8 Å². The molecule has 0 aromatic heterocycles. The second kappa shape index (κ2) is 7.11. The van der Waals surface area contributed by atoms with Gasteiger partial charge < -0.3 is 10.1 Å². The minimum atomic E-state index is -3.73. The molecule has 1 amide bonds. The molecular weight excluding hydrogens is 304 g/mol. The molecule has 0 bridgehead atoms. The number of carbonyl (C=O) groups excluding carboxylic acids is 1. The molecule has 2 rings (SSSR count). The van der Waals surface area contributed by atoms with Crippen LogP contribution in [0.15, 0.2) is 23.1 Å². The maximum atomic E-state index is 12.4. The lowest BCUT2D eigenvalue weighted by atomic mass is 10.1. The van der Waals surface area contributed by atoms with Gasteiger partial charge in [0.2, 0.25) is 15.9 Å². The highest BCUT2D eigenvalue weighted by Crippen LogP contribution is 2.22. The highest BCUT2D eigenvalue weighted by molar-refractivity contribution is 7.89. The Morgan fingerprint density at radius 1 is 1.36 bits per heavy atom. The fraction of sp³-hybridized carbons (Fsp3) is 0.533. The summed E-state index contributed by atoms with van der Waals surface area (Å²) in [6.07, 6.45) is 2.20. The van der Waals surface area contributed by atoms with E-state index >= 15 is 0 Å². The molecule has 0 saturated carbocycles. The Kier molecular flexibility index (Phi) is 5.42. The minimum absolute atomic E-state index is 0.144. The van der Waals surface area contributed by atoms with Crippen LogP contribution in [0.3, 0.4) is 0 Å². The number of rotatable bonds is 5. The largest absolute Gasteiger partial charge is 0.494 e. The van der Waals surface area contributed by atoms with Gasteiger partial charge >= 0.3 is 0 Å². The first-order chi connectivity index (χ1) is 10.4. The van der Waals surface area contributed by atoms with Crippen LogP contribution < -0.4 is 14.8 Å². The molecule has 7 heteroatoms. The van der Waals surface area contributed by atoms with Crippen molar-refractivity contribution in [3.05, 3.63) is 23.8 Å². The second-order valence-electron chi connectivity index (χ2n) is 5.32. The molecule has 1 aromatic carbocycles. The van der Waals surface area contributed by atoms with E-state index < -0.39 is 16.1 Å². The van der Waals surface area contributed by atoms with Crippen molar-refractivity contribution in [2.45, 2.75) is 44.0 Å². The average molecular weight is 326 g/mol. The summed E-state index contributed by atoms with van der Waals surface area (Å²) < 4.78 is 32.8. The standard InChI is InChI=1S/C15H22N2O4S/c1-3-21-14-8-7-12(10-11(14)2)22(19,20)17-13-6-4-5-9-16-15(13)18/h7-8,10,13,17H,3-6,9H2,1-2H3,(H,16,18). The fourth-order valence-electron chi connectivity index (χ4n) is 2.41. The molecule has 122 valence electrons. The second-order valence-corrected chi connectivity index (χ2v) is 7.03. The van der Waals surface area contributed by atoms with Crippen molar-refractivity contribution in [3.8, 4) is 5.75 Å². The Labute approximate surface area is 131 Å². The van der Waals surface area contributed by atoms with Crippen molar-refractivity contribution in [1.29, 1.82) is 0 Å². The van der Waals surface area contributed by atoms with Gasteiger partial charge in [-0.1, -0.05) is 0 Å². The predicted molar refractivity (Wildman–Crippen MR) is 83.3 cm³/mol. The summed E-state index contributed by atoms with van der Waals surface area (Å²) in [5.41, 5.74) is 0.745. The molecule has 1 aliphatic heterocycles. The molecule has 1 heterocycles. The lowest BCUT2D eigenvalue weighted by molar-refractivity contribution is -0.122. The van der Waals surface area contributed by atoms with Crippen molar-refractivity contribution in [1.82, 2.24) is 10.0 Å². The number of hydrogen-bond donors (Lipinski definition) is 2. The van der Waals surface area contributed by atoms with Crippen molar-refractivity contribution < 1.29 is 17.9 Å². The summed E-state index contributed by atoms with van der Waals surface area (Å²) in [5.74, 6) is 0.400. The maximum absolute atomic E-state index is 12.4. The molecule has 2 N–H and O–H groups in total. The predicted octanol–water partition coefficient (Wildman–Crippen LogP) is 1.34. The first-order valence-electron chi connectivity index (χ1n) is 7.47. The summed E-state index contributed by atoms with van der Waals surface area (Å²) in [6.45, 7) is 4.78. The summed E-state index contributed by atoms with van der Waals surface area (Å²) in [7, 11) is -3.73. The average Bonchev–Trinajstić information content (AvgIpc) is 2.66. The Balaban J connectivity index is 2.19. The van der Waals surface area contributed by atoms with E-state index in [2.05, 4.69) is 10.0 Å².